The summed E-state index contributed by atoms with van der Waals surface area (Å²) in [6.07, 6.45) is 3.27. The molecule has 0 saturated carbocycles. The van der Waals surface area contributed by atoms with Crippen molar-refractivity contribution in [2.75, 3.05) is 6.54 Å². The normalized spacial score (nSPS) is 11.1. The second kappa shape index (κ2) is 4.14. The molecular formula is C10H11F2N. The topological polar surface area (TPSA) is 26.0 Å². The van der Waals surface area contributed by atoms with Crippen LogP contribution in [0.5, 0.6) is 0 Å². The van der Waals surface area contributed by atoms with E-state index >= 15 is 0 Å². The van der Waals surface area contributed by atoms with Crippen LogP contribution in [-0.2, 0) is 0 Å². The van der Waals surface area contributed by atoms with Crippen molar-refractivity contribution in [3.63, 3.8) is 0 Å². The molecule has 0 spiro atoms. The lowest BCUT2D eigenvalue weighted by atomic mass is 10.1. The van der Waals surface area contributed by atoms with E-state index in [9.17, 15) is 8.78 Å². The largest absolute Gasteiger partial charge is 0.327 e. The summed E-state index contributed by atoms with van der Waals surface area (Å²) in [5.41, 5.74) is 6.19. The summed E-state index contributed by atoms with van der Waals surface area (Å²) >= 11 is 0. The molecule has 2 N–H and O–H groups in total. The van der Waals surface area contributed by atoms with E-state index in [1.165, 1.54) is 6.07 Å². The van der Waals surface area contributed by atoms with E-state index in [1.807, 2.05) is 0 Å². The van der Waals surface area contributed by atoms with Gasteiger partial charge in [-0.05, 0) is 24.1 Å². The smallest absolute Gasteiger partial charge is 0.129 e. The van der Waals surface area contributed by atoms with E-state index < -0.39 is 11.6 Å². The molecule has 0 aliphatic carbocycles. The summed E-state index contributed by atoms with van der Waals surface area (Å²) in [6.45, 7) is 1.96. The second-order valence-corrected chi connectivity index (χ2v) is 2.74. The summed E-state index contributed by atoms with van der Waals surface area (Å²) < 4.78 is 25.7. The van der Waals surface area contributed by atoms with Crippen LogP contribution in [0.3, 0.4) is 0 Å². The zero-order valence-electron chi connectivity index (χ0n) is 7.35. The van der Waals surface area contributed by atoms with Gasteiger partial charge in [-0.15, -0.1) is 0 Å². The van der Waals surface area contributed by atoms with Crippen molar-refractivity contribution >= 4 is 6.08 Å². The molecule has 0 aromatic heterocycles. The van der Waals surface area contributed by atoms with Crippen LogP contribution in [0.2, 0.25) is 0 Å². The van der Waals surface area contributed by atoms with E-state index in [-0.39, 0.29) is 0 Å². The van der Waals surface area contributed by atoms with Gasteiger partial charge in [-0.3, -0.25) is 0 Å². The molecule has 1 aromatic carbocycles. The molecule has 0 unspecified atom stereocenters. The minimum absolute atomic E-state index is 0.359. The molecule has 0 atom stereocenters. The van der Waals surface area contributed by atoms with Crippen LogP contribution in [-0.4, -0.2) is 6.54 Å². The third kappa shape index (κ3) is 2.36. The van der Waals surface area contributed by atoms with Crippen LogP contribution in [0.1, 0.15) is 11.1 Å². The van der Waals surface area contributed by atoms with Crippen LogP contribution in [0.4, 0.5) is 8.78 Å². The van der Waals surface area contributed by atoms with E-state index in [4.69, 9.17) is 5.73 Å². The maximum Gasteiger partial charge on any atom is 0.129 e. The molecule has 3 heteroatoms. The predicted octanol–water partition coefficient (Wildman–Crippen LogP) is 2.25. The van der Waals surface area contributed by atoms with Crippen molar-refractivity contribution in [1.29, 1.82) is 0 Å². The highest BCUT2D eigenvalue weighted by Crippen LogP contribution is 2.15. The quantitative estimate of drug-likeness (QED) is 0.747. The van der Waals surface area contributed by atoms with Crippen LogP contribution < -0.4 is 5.73 Å². The average molecular weight is 183 g/mol. The molecule has 0 aliphatic heterocycles. The summed E-state index contributed by atoms with van der Waals surface area (Å²) in [5, 5.41) is 0. The Balaban J connectivity index is 3.12. The Bertz CT molecular complexity index is 332. The number of benzene rings is 1. The van der Waals surface area contributed by atoms with Gasteiger partial charge in [-0.1, -0.05) is 12.2 Å². The van der Waals surface area contributed by atoms with E-state index in [2.05, 4.69) is 0 Å². The maximum absolute atomic E-state index is 13.0. The van der Waals surface area contributed by atoms with Gasteiger partial charge in [0.1, 0.15) is 11.6 Å². The Morgan fingerprint density at radius 2 is 2.08 bits per heavy atom. The standard InChI is InChI=1S/C10H11F2N/c1-7-8(3-2-4-13)5-9(11)6-10(7)12/h2-3,5-6H,4,13H2,1H3/b3-2+. The van der Waals surface area contributed by atoms with Gasteiger partial charge in [0.2, 0.25) is 0 Å². The van der Waals surface area contributed by atoms with Gasteiger partial charge < -0.3 is 5.73 Å². The fourth-order valence-corrected chi connectivity index (χ4v) is 1.03. The summed E-state index contributed by atoms with van der Waals surface area (Å²) in [5.74, 6) is -1.10. The van der Waals surface area contributed by atoms with Crippen molar-refractivity contribution in [2.45, 2.75) is 6.92 Å². The van der Waals surface area contributed by atoms with Gasteiger partial charge in [0.25, 0.3) is 0 Å². The minimum atomic E-state index is -0.570. The van der Waals surface area contributed by atoms with Gasteiger partial charge in [-0.25, -0.2) is 8.78 Å². The third-order valence-electron chi connectivity index (χ3n) is 1.78. The molecule has 0 saturated heterocycles. The molecule has 0 amide bonds. The Kier molecular flexibility index (Phi) is 3.14. The molecule has 0 heterocycles. The maximum atomic E-state index is 13.0. The highest BCUT2D eigenvalue weighted by Gasteiger charge is 2.03. The number of rotatable bonds is 2. The first-order valence-corrected chi connectivity index (χ1v) is 3.97. The Morgan fingerprint density at radius 3 is 2.69 bits per heavy atom. The first kappa shape index (κ1) is 9.86. The summed E-state index contributed by atoms with van der Waals surface area (Å²) in [4.78, 5) is 0. The molecule has 1 nitrogen and oxygen atoms in total. The van der Waals surface area contributed by atoms with Crippen molar-refractivity contribution in [3.05, 3.63) is 41.0 Å². The number of hydrogen-bond donors (Lipinski definition) is 1. The zero-order chi connectivity index (χ0) is 9.84. The monoisotopic (exact) mass is 183 g/mol. The van der Waals surface area contributed by atoms with Crippen LogP contribution >= 0.6 is 0 Å². The van der Waals surface area contributed by atoms with Gasteiger partial charge in [0, 0.05) is 12.6 Å². The number of nitrogens with two attached hydrogens (primary N) is 1. The van der Waals surface area contributed by atoms with Gasteiger partial charge in [0.05, 0.1) is 0 Å². The van der Waals surface area contributed by atoms with Gasteiger partial charge in [0.15, 0.2) is 0 Å². The zero-order valence-corrected chi connectivity index (χ0v) is 7.35. The van der Waals surface area contributed by atoms with Crippen molar-refractivity contribution in [3.8, 4) is 0 Å². The Morgan fingerprint density at radius 1 is 1.38 bits per heavy atom. The second-order valence-electron chi connectivity index (χ2n) is 2.74. The van der Waals surface area contributed by atoms with Crippen molar-refractivity contribution < 1.29 is 8.78 Å². The van der Waals surface area contributed by atoms with Crippen molar-refractivity contribution in [1.82, 2.24) is 0 Å². The first-order valence-electron chi connectivity index (χ1n) is 3.97. The summed E-state index contributed by atoms with van der Waals surface area (Å²) in [6, 6.07) is 2.15. The molecule has 0 bridgehead atoms. The molecule has 13 heavy (non-hydrogen) atoms. The lowest BCUT2D eigenvalue weighted by Crippen LogP contribution is -1.94. The molecule has 0 radical (unpaired) electrons. The van der Waals surface area contributed by atoms with Crippen molar-refractivity contribution in [2.24, 2.45) is 5.73 Å². The molecular weight excluding hydrogens is 172 g/mol. The first-order chi connectivity index (χ1) is 6.15. The lowest BCUT2D eigenvalue weighted by Gasteiger charge is -2.01. The van der Waals surface area contributed by atoms with E-state index in [1.54, 1.807) is 19.1 Å². The molecule has 70 valence electrons. The van der Waals surface area contributed by atoms with Crippen LogP contribution in [0, 0.1) is 18.6 Å². The highest BCUT2D eigenvalue weighted by molar-refractivity contribution is 5.53. The molecule has 1 aromatic rings. The lowest BCUT2D eigenvalue weighted by molar-refractivity contribution is 0.577. The molecule has 1 rings (SSSR count). The van der Waals surface area contributed by atoms with Crippen LogP contribution in [0.15, 0.2) is 18.2 Å². The Hall–Kier alpha value is -1.22. The Labute approximate surface area is 75.9 Å². The predicted molar refractivity (Wildman–Crippen MR) is 49.2 cm³/mol. The third-order valence-corrected chi connectivity index (χ3v) is 1.78. The van der Waals surface area contributed by atoms with E-state index in [0.29, 0.717) is 17.7 Å². The summed E-state index contributed by atoms with van der Waals surface area (Å²) in [7, 11) is 0. The van der Waals surface area contributed by atoms with E-state index in [0.717, 1.165) is 6.07 Å². The number of halogens is 2. The van der Waals surface area contributed by atoms with Crippen LogP contribution in [0.25, 0.3) is 6.08 Å². The van der Waals surface area contributed by atoms with Gasteiger partial charge in [-0.2, -0.15) is 0 Å². The SMILES string of the molecule is Cc1c(F)cc(F)cc1/C=C/CN. The fourth-order valence-electron chi connectivity index (χ4n) is 1.03. The van der Waals surface area contributed by atoms with Gasteiger partial charge >= 0.3 is 0 Å². The molecule has 0 fully saturated rings. The minimum Gasteiger partial charge on any atom is -0.327 e. The fraction of sp³-hybridized carbons (Fsp3) is 0.200. The average Bonchev–Trinajstić information content (AvgIpc) is 2.09. The molecule has 0 aliphatic rings. The number of hydrogen-bond acceptors (Lipinski definition) is 1. The highest BCUT2D eigenvalue weighted by atomic mass is 19.1.